The number of hydrogen-bond donors (Lipinski definition) is 1. The van der Waals surface area contributed by atoms with Gasteiger partial charge in [-0.15, -0.1) is 0 Å². The summed E-state index contributed by atoms with van der Waals surface area (Å²) in [5.41, 5.74) is 5.46. The summed E-state index contributed by atoms with van der Waals surface area (Å²) in [5.74, 6) is -0.404. The number of amides is 2. The Labute approximate surface area is 245 Å². The van der Waals surface area contributed by atoms with Gasteiger partial charge in [0.1, 0.15) is 6.04 Å². The largest absolute Gasteiger partial charge is 0.352 e. The topological polar surface area (TPSA) is 86.8 Å². The van der Waals surface area contributed by atoms with Gasteiger partial charge in [0, 0.05) is 32.0 Å². The number of carbonyl (C=O) groups is 2. The number of carbonyl (C=O) groups excluding carboxylic acids is 2. The SMILES string of the molecule is Cc1cccc(CN(C(=O)CCCN(c2cccc(C)c2C)S(C)(=O)=O)C(Cc2ccccc2)C(=O)NC(C)C)c1. The Morgan fingerprint density at radius 1 is 0.878 bits per heavy atom. The van der Waals surface area contributed by atoms with E-state index in [4.69, 9.17) is 0 Å². The van der Waals surface area contributed by atoms with E-state index in [1.165, 1.54) is 10.6 Å². The summed E-state index contributed by atoms with van der Waals surface area (Å²) in [4.78, 5) is 29.1. The molecule has 3 aromatic rings. The molecule has 2 amide bonds. The van der Waals surface area contributed by atoms with Gasteiger partial charge < -0.3 is 10.2 Å². The molecular weight excluding hydrogens is 534 g/mol. The number of nitrogens with zero attached hydrogens (tertiary/aromatic N) is 2. The van der Waals surface area contributed by atoms with Gasteiger partial charge in [0.15, 0.2) is 0 Å². The summed E-state index contributed by atoms with van der Waals surface area (Å²) in [6.45, 7) is 10.1. The summed E-state index contributed by atoms with van der Waals surface area (Å²) in [5, 5.41) is 3.00. The Balaban J connectivity index is 1.90. The average molecular weight is 578 g/mol. The molecule has 1 N–H and O–H groups in total. The molecule has 0 saturated carbocycles. The van der Waals surface area contributed by atoms with Crippen molar-refractivity contribution in [2.75, 3.05) is 17.1 Å². The van der Waals surface area contributed by atoms with Crippen LogP contribution in [0.15, 0.2) is 72.8 Å². The number of sulfonamides is 1. The van der Waals surface area contributed by atoms with Gasteiger partial charge >= 0.3 is 0 Å². The Bertz CT molecular complexity index is 1440. The lowest BCUT2D eigenvalue weighted by atomic mass is 10.0. The molecule has 0 heterocycles. The van der Waals surface area contributed by atoms with Crippen molar-refractivity contribution in [2.45, 2.75) is 72.5 Å². The van der Waals surface area contributed by atoms with Crippen LogP contribution < -0.4 is 9.62 Å². The monoisotopic (exact) mass is 577 g/mol. The first-order valence-corrected chi connectivity index (χ1v) is 15.9. The van der Waals surface area contributed by atoms with Crippen LogP contribution in [0.1, 0.15) is 54.5 Å². The molecule has 41 heavy (non-hydrogen) atoms. The second-order valence-electron chi connectivity index (χ2n) is 11.0. The van der Waals surface area contributed by atoms with Crippen molar-refractivity contribution in [1.82, 2.24) is 10.2 Å². The summed E-state index contributed by atoms with van der Waals surface area (Å²) in [6.07, 6.45) is 1.97. The molecule has 8 heteroatoms. The lowest BCUT2D eigenvalue weighted by Gasteiger charge is -2.32. The molecular formula is C33H43N3O4S. The fourth-order valence-corrected chi connectivity index (χ4v) is 5.95. The number of aryl methyl sites for hydroxylation is 2. The summed E-state index contributed by atoms with van der Waals surface area (Å²) in [7, 11) is -3.57. The predicted molar refractivity (Wildman–Crippen MR) is 166 cm³/mol. The lowest BCUT2D eigenvalue weighted by molar-refractivity contribution is -0.141. The Morgan fingerprint density at radius 3 is 2.17 bits per heavy atom. The van der Waals surface area contributed by atoms with Crippen molar-refractivity contribution in [3.8, 4) is 0 Å². The van der Waals surface area contributed by atoms with Crippen LogP contribution in [0.3, 0.4) is 0 Å². The Morgan fingerprint density at radius 2 is 1.54 bits per heavy atom. The first-order chi connectivity index (χ1) is 19.4. The van der Waals surface area contributed by atoms with Crippen LogP contribution >= 0.6 is 0 Å². The second-order valence-corrected chi connectivity index (χ2v) is 12.9. The third-order valence-corrected chi connectivity index (χ3v) is 8.31. The smallest absolute Gasteiger partial charge is 0.243 e. The van der Waals surface area contributed by atoms with E-state index < -0.39 is 16.1 Å². The van der Waals surface area contributed by atoms with Crippen molar-refractivity contribution < 1.29 is 18.0 Å². The van der Waals surface area contributed by atoms with Crippen molar-refractivity contribution in [1.29, 1.82) is 0 Å². The molecule has 0 spiro atoms. The zero-order valence-corrected chi connectivity index (χ0v) is 25.9. The Kier molecular flexibility index (Phi) is 11.1. The summed E-state index contributed by atoms with van der Waals surface area (Å²) >= 11 is 0. The Hall–Kier alpha value is -3.65. The molecule has 0 bridgehead atoms. The second kappa shape index (κ2) is 14.3. The maximum Gasteiger partial charge on any atom is 0.243 e. The molecule has 3 rings (SSSR count). The van der Waals surface area contributed by atoms with Crippen LogP contribution in [0, 0.1) is 20.8 Å². The van der Waals surface area contributed by atoms with E-state index in [1.807, 2.05) is 101 Å². The minimum atomic E-state index is -3.57. The quantitative estimate of drug-likeness (QED) is 0.298. The molecule has 1 atom stereocenters. The number of benzene rings is 3. The first kappa shape index (κ1) is 31.9. The van der Waals surface area contributed by atoms with E-state index in [2.05, 4.69) is 5.32 Å². The minimum Gasteiger partial charge on any atom is -0.352 e. The van der Waals surface area contributed by atoms with Crippen LogP contribution in [0.2, 0.25) is 0 Å². The van der Waals surface area contributed by atoms with Crippen LogP contribution in [-0.2, 0) is 32.6 Å². The molecule has 7 nitrogen and oxygen atoms in total. The van der Waals surface area contributed by atoms with Crippen LogP contribution in [0.4, 0.5) is 5.69 Å². The van der Waals surface area contributed by atoms with Gasteiger partial charge in [-0.3, -0.25) is 13.9 Å². The highest BCUT2D eigenvalue weighted by atomic mass is 32.2. The van der Waals surface area contributed by atoms with Crippen molar-refractivity contribution in [3.63, 3.8) is 0 Å². The van der Waals surface area contributed by atoms with Gasteiger partial charge in [0.25, 0.3) is 0 Å². The highest BCUT2D eigenvalue weighted by Gasteiger charge is 2.31. The van der Waals surface area contributed by atoms with Crippen molar-refractivity contribution in [2.24, 2.45) is 0 Å². The van der Waals surface area contributed by atoms with Crippen molar-refractivity contribution in [3.05, 3.63) is 101 Å². The van der Waals surface area contributed by atoms with Gasteiger partial charge in [-0.2, -0.15) is 0 Å². The molecule has 0 radical (unpaired) electrons. The average Bonchev–Trinajstić information content (AvgIpc) is 2.90. The zero-order valence-electron chi connectivity index (χ0n) is 25.1. The van der Waals surface area contributed by atoms with E-state index in [-0.39, 0.29) is 37.4 Å². The van der Waals surface area contributed by atoms with Gasteiger partial charge in [-0.05, 0) is 69.4 Å². The van der Waals surface area contributed by atoms with E-state index in [0.717, 1.165) is 27.8 Å². The number of anilines is 1. The molecule has 3 aromatic carbocycles. The van der Waals surface area contributed by atoms with E-state index in [0.29, 0.717) is 18.5 Å². The molecule has 0 saturated heterocycles. The minimum absolute atomic E-state index is 0.0856. The van der Waals surface area contributed by atoms with Crippen LogP contribution in [0.5, 0.6) is 0 Å². The third kappa shape index (κ3) is 9.18. The van der Waals surface area contributed by atoms with E-state index in [9.17, 15) is 18.0 Å². The maximum absolute atomic E-state index is 13.9. The molecule has 1 unspecified atom stereocenters. The highest BCUT2D eigenvalue weighted by molar-refractivity contribution is 7.92. The summed E-state index contributed by atoms with van der Waals surface area (Å²) < 4.78 is 26.9. The standard InChI is InChI=1S/C33H43N3O4S/c1-24(2)34-33(38)31(22-28-15-8-7-9-16-28)35(23-29-17-10-13-25(3)21-29)32(37)19-12-20-36(41(6,39)40)30-18-11-14-26(4)27(30)5/h7-11,13-18,21,24,31H,12,19-20,22-23H2,1-6H3,(H,34,38). The van der Waals surface area contributed by atoms with Crippen molar-refractivity contribution >= 4 is 27.5 Å². The van der Waals surface area contributed by atoms with Gasteiger partial charge in [-0.25, -0.2) is 8.42 Å². The highest BCUT2D eigenvalue weighted by Crippen LogP contribution is 2.26. The fraction of sp³-hybridized carbons (Fsp3) is 0.394. The first-order valence-electron chi connectivity index (χ1n) is 14.1. The molecule has 0 aromatic heterocycles. The molecule has 0 aliphatic carbocycles. The molecule has 0 aliphatic rings. The van der Waals surface area contributed by atoms with E-state index in [1.54, 1.807) is 11.0 Å². The maximum atomic E-state index is 13.9. The number of rotatable bonds is 13. The lowest BCUT2D eigenvalue weighted by Crippen LogP contribution is -2.51. The van der Waals surface area contributed by atoms with Crippen LogP contribution in [-0.4, -0.2) is 50.0 Å². The number of hydrogen-bond acceptors (Lipinski definition) is 4. The van der Waals surface area contributed by atoms with Gasteiger partial charge in [0.2, 0.25) is 21.8 Å². The predicted octanol–water partition coefficient (Wildman–Crippen LogP) is 5.32. The summed E-state index contributed by atoms with van der Waals surface area (Å²) in [6, 6.07) is 22.4. The van der Waals surface area contributed by atoms with Crippen LogP contribution in [0.25, 0.3) is 0 Å². The fourth-order valence-electron chi connectivity index (χ4n) is 4.93. The number of nitrogens with one attached hydrogen (secondary N) is 1. The van der Waals surface area contributed by atoms with E-state index >= 15 is 0 Å². The molecule has 220 valence electrons. The third-order valence-electron chi connectivity index (χ3n) is 7.13. The van der Waals surface area contributed by atoms with Gasteiger partial charge in [0.05, 0.1) is 11.9 Å². The molecule has 0 fully saturated rings. The normalized spacial score (nSPS) is 12.2. The van der Waals surface area contributed by atoms with Gasteiger partial charge in [-0.1, -0.05) is 72.3 Å². The zero-order chi connectivity index (χ0) is 30.2. The molecule has 0 aliphatic heterocycles.